The number of esters is 1. The van der Waals surface area contributed by atoms with Crippen molar-refractivity contribution in [3.05, 3.63) is 119 Å². The second kappa shape index (κ2) is 10.4. The molecule has 2 aliphatic rings. The number of aliphatic hydroxyl groups is 1. The fourth-order valence-electron chi connectivity index (χ4n) is 5.00. The standard InChI is InChI=1S/C30H28N2O5/c1-36-29(35)27-26(28(34)32-22-12-6-3-7-13-22)24-15-16-30(27,37-24)25(18-20-9-4-2-5-10-20)31-23-14-8-11-21(17-23)19-33/h2-17,24-25,31,33H,18-19H2,1H3,(H,32,34). The van der Waals surface area contributed by atoms with E-state index in [1.807, 2.05) is 84.9 Å². The van der Waals surface area contributed by atoms with Gasteiger partial charge in [0.05, 0.1) is 30.9 Å². The van der Waals surface area contributed by atoms with E-state index in [9.17, 15) is 14.7 Å². The van der Waals surface area contributed by atoms with Crippen LogP contribution in [0.4, 0.5) is 11.4 Å². The highest BCUT2D eigenvalue weighted by molar-refractivity contribution is 6.12. The van der Waals surface area contributed by atoms with E-state index in [0.717, 1.165) is 16.8 Å². The van der Waals surface area contributed by atoms with Crippen LogP contribution in [0, 0.1) is 0 Å². The number of aliphatic hydroxyl groups excluding tert-OH is 1. The van der Waals surface area contributed by atoms with Crippen LogP contribution in [-0.4, -0.2) is 41.8 Å². The third-order valence-corrected chi connectivity index (χ3v) is 6.70. The van der Waals surface area contributed by atoms with E-state index < -0.39 is 29.6 Å². The summed E-state index contributed by atoms with van der Waals surface area (Å²) in [4.78, 5) is 26.7. The number of rotatable bonds is 9. The summed E-state index contributed by atoms with van der Waals surface area (Å²) in [6.45, 7) is -0.0976. The van der Waals surface area contributed by atoms with Gasteiger partial charge < -0.3 is 25.2 Å². The molecule has 0 saturated carbocycles. The van der Waals surface area contributed by atoms with Crippen LogP contribution in [0.15, 0.2) is 108 Å². The van der Waals surface area contributed by atoms with E-state index in [4.69, 9.17) is 9.47 Å². The minimum Gasteiger partial charge on any atom is -0.466 e. The van der Waals surface area contributed by atoms with Crippen LogP contribution in [-0.2, 0) is 32.1 Å². The number of methoxy groups -OCH3 is 1. The van der Waals surface area contributed by atoms with Gasteiger partial charge in [0, 0.05) is 11.4 Å². The number of hydrogen-bond acceptors (Lipinski definition) is 6. The summed E-state index contributed by atoms with van der Waals surface area (Å²) in [7, 11) is 1.30. The fourth-order valence-corrected chi connectivity index (χ4v) is 5.00. The number of hydrogen-bond donors (Lipinski definition) is 3. The maximum Gasteiger partial charge on any atom is 0.337 e. The molecule has 188 valence electrons. The Labute approximate surface area is 215 Å². The lowest BCUT2D eigenvalue weighted by Crippen LogP contribution is -2.49. The van der Waals surface area contributed by atoms with Crippen molar-refractivity contribution < 1.29 is 24.2 Å². The Balaban J connectivity index is 1.58. The summed E-state index contributed by atoms with van der Waals surface area (Å²) < 4.78 is 11.6. The average Bonchev–Trinajstić information content (AvgIpc) is 3.52. The van der Waals surface area contributed by atoms with E-state index >= 15 is 0 Å². The van der Waals surface area contributed by atoms with Gasteiger partial charge in [-0.15, -0.1) is 0 Å². The van der Waals surface area contributed by atoms with Crippen molar-refractivity contribution in [2.75, 3.05) is 17.7 Å². The summed E-state index contributed by atoms with van der Waals surface area (Å²) in [6, 6.07) is 25.9. The molecule has 3 N–H and O–H groups in total. The van der Waals surface area contributed by atoms with Gasteiger partial charge in [-0.05, 0) is 47.9 Å². The Morgan fingerprint density at radius 1 is 0.973 bits per heavy atom. The number of fused-ring (bicyclic) bond motifs is 2. The predicted molar refractivity (Wildman–Crippen MR) is 141 cm³/mol. The van der Waals surface area contributed by atoms with Crippen molar-refractivity contribution in [3.8, 4) is 0 Å². The first-order valence-corrected chi connectivity index (χ1v) is 12.1. The van der Waals surface area contributed by atoms with Crippen LogP contribution in [0.25, 0.3) is 0 Å². The highest BCUT2D eigenvalue weighted by Gasteiger charge is 2.58. The van der Waals surface area contributed by atoms with Crippen LogP contribution >= 0.6 is 0 Å². The Kier molecular flexibility index (Phi) is 6.90. The van der Waals surface area contributed by atoms with Crippen molar-refractivity contribution >= 4 is 23.3 Å². The number of nitrogens with one attached hydrogen (secondary N) is 2. The molecule has 1 amide bonds. The molecule has 7 nitrogen and oxygen atoms in total. The van der Waals surface area contributed by atoms with E-state index in [-0.39, 0.29) is 17.8 Å². The zero-order valence-electron chi connectivity index (χ0n) is 20.4. The van der Waals surface area contributed by atoms with E-state index in [1.54, 1.807) is 12.1 Å². The average molecular weight is 497 g/mol. The van der Waals surface area contributed by atoms with Crippen LogP contribution in [0.5, 0.6) is 0 Å². The molecule has 0 fully saturated rings. The molecule has 3 aromatic rings. The van der Waals surface area contributed by atoms with Crippen molar-refractivity contribution in [2.45, 2.75) is 30.8 Å². The molecule has 0 aliphatic carbocycles. The van der Waals surface area contributed by atoms with Crippen LogP contribution in [0.2, 0.25) is 0 Å². The van der Waals surface area contributed by atoms with Crippen LogP contribution < -0.4 is 10.6 Å². The Morgan fingerprint density at radius 2 is 1.65 bits per heavy atom. The topological polar surface area (TPSA) is 96.9 Å². The molecule has 2 heterocycles. The highest BCUT2D eigenvalue weighted by Crippen LogP contribution is 2.47. The number of carbonyl (C=O) groups is 2. The maximum atomic E-state index is 13.5. The van der Waals surface area contributed by atoms with Gasteiger partial charge in [-0.3, -0.25) is 4.79 Å². The number of benzene rings is 3. The molecular formula is C30H28N2O5. The molecule has 3 atom stereocenters. The molecule has 0 saturated heterocycles. The van der Waals surface area contributed by atoms with Gasteiger partial charge in [-0.2, -0.15) is 0 Å². The zero-order chi connectivity index (χ0) is 25.8. The number of anilines is 2. The van der Waals surface area contributed by atoms with Gasteiger partial charge in [-0.25, -0.2) is 4.79 Å². The molecule has 2 aliphatic heterocycles. The fraction of sp³-hybridized carbons (Fsp3) is 0.200. The number of carbonyl (C=O) groups excluding carboxylic acids is 2. The smallest absolute Gasteiger partial charge is 0.337 e. The predicted octanol–water partition coefficient (Wildman–Crippen LogP) is 4.02. The third-order valence-electron chi connectivity index (χ3n) is 6.70. The van der Waals surface area contributed by atoms with Crippen molar-refractivity contribution in [2.24, 2.45) is 0 Å². The van der Waals surface area contributed by atoms with Crippen molar-refractivity contribution in [1.29, 1.82) is 0 Å². The van der Waals surface area contributed by atoms with E-state index in [0.29, 0.717) is 12.1 Å². The quantitative estimate of drug-likeness (QED) is 0.306. The first-order valence-electron chi connectivity index (χ1n) is 12.1. The molecule has 37 heavy (non-hydrogen) atoms. The molecule has 0 aromatic heterocycles. The first kappa shape index (κ1) is 24.5. The molecule has 3 unspecified atom stereocenters. The molecule has 2 bridgehead atoms. The number of amides is 1. The monoisotopic (exact) mass is 496 g/mol. The second-order valence-corrected chi connectivity index (χ2v) is 9.04. The molecule has 0 spiro atoms. The van der Waals surface area contributed by atoms with Crippen molar-refractivity contribution in [1.82, 2.24) is 0 Å². The summed E-state index contributed by atoms with van der Waals surface area (Å²) >= 11 is 0. The second-order valence-electron chi connectivity index (χ2n) is 9.04. The lowest BCUT2D eigenvalue weighted by molar-refractivity contribution is -0.138. The van der Waals surface area contributed by atoms with Gasteiger partial charge in [0.25, 0.3) is 5.91 Å². The summed E-state index contributed by atoms with van der Waals surface area (Å²) in [5.41, 5.74) is 2.33. The number of para-hydroxylation sites is 1. The van der Waals surface area contributed by atoms with Gasteiger partial charge in [0.2, 0.25) is 0 Å². The lowest BCUT2D eigenvalue weighted by atomic mass is 9.78. The normalized spacial score (nSPS) is 20.5. The zero-order valence-corrected chi connectivity index (χ0v) is 20.4. The minimum absolute atomic E-state index is 0.0976. The first-order chi connectivity index (χ1) is 18.0. The molecule has 0 radical (unpaired) electrons. The van der Waals surface area contributed by atoms with Gasteiger partial charge >= 0.3 is 5.97 Å². The van der Waals surface area contributed by atoms with Crippen LogP contribution in [0.1, 0.15) is 11.1 Å². The minimum atomic E-state index is -1.24. The molecular weight excluding hydrogens is 468 g/mol. The summed E-state index contributed by atoms with van der Waals surface area (Å²) in [6.07, 6.45) is 3.47. The largest absolute Gasteiger partial charge is 0.466 e. The molecule has 7 heteroatoms. The Hall–Kier alpha value is -4.20. The Bertz CT molecular complexity index is 1350. The summed E-state index contributed by atoms with van der Waals surface area (Å²) in [5.74, 6) is -1.03. The van der Waals surface area contributed by atoms with Gasteiger partial charge in [-0.1, -0.05) is 66.7 Å². The SMILES string of the molecule is COC(=O)C1=C(C(=O)Nc2ccccc2)C2C=CC1(C(Cc1ccccc1)Nc1cccc(CO)c1)O2. The number of ether oxygens (including phenoxy) is 2. The van der Waals surface area contributed by atoms with Crippen molar-refractivity contribution in [3.63, 3.8) is 0 Å². The Morgan fingerprint density at radius 3 is 2.35 bits per heavy atom. The lowest BCUT2D eigenvalue weighted by Gasteiger charge is -2.36. The van der Waals surface area contributed by atoms with E-state index in [1.165, 1.54) is 7.11 Å². The molecule has 5 rings (SSSR count). The van der Waals surface area contributed by atoms with Gasteiger partial charge in [0.1, 0.15) is 11.7 Å². The summed E-state index contributed by atoms with van der Waals surface area (Å²) in [5, 5.41) is 16.0. The highest BCUT2D eigenvalue weighted by atomic mass is 16.5. The van der Waals surface area contributed by atoms with Gasteiger partial charge in [0.15, 0.2) is 0 Å². The molecule has 3 aromatic carbocycles. The van der Waals surface area contributed by atoms with E-state index in [2.05, 4.69) is 10.6 Å². The third kappa shape index (κ3) is 4.79. The van der Waals surface area contributed by atoms with Crippen LogP contribution in [0.3, 0.4) is 0 Å². The maximum absolute atomic E-state index is 13.5.